The van der Waals surface area contributed by atoms with E-state index in [2.05, 4.69) is 14.7 Å². The summed E-state index contributed by atoms with van der Waals surface area (Å²) in [5.74, 6) is 0.0835. The fourth-order valence-electron chi connectivity index (χ4n) is 2.91. The molecule has 3 rings (SSSR count). The van der Waals surface area contributed by atoms with Crippen LogP contribution in [0.15, 0.2) is 36.5 Å². The number of rotatable bonds is 6. The summed E-state index contributed by atoms with van der Waals surface area (Å²) in [7, 11) is -3.21. The minimum atomic E-state index is -3.21. The Morgan fingerprint density at radius 3 is 2.75 bits per heavy atom. The van der Waals surface area contributed by atoms with Crippen LogP contribution in [0.5, 0.6) is 0 Å². The van der Waals surface area contributed by atoms with Crippen molar-refractivity contribution >= 4 is 21.6 Å². The van der Waals surface area contributed by atoms with Gasteiger partial charge in [0.25, 0.3) is 0 Å². The Morgan fingerprint density at radius 1 is 1.29 bits per heavy atom. The van der Waals surface area contributed by atoms with Crippen LogP contribution in [0.3, 0.4) is 0 Å². The zero-order valence-corrected chi connectivity index (χ0v) is 15.1. The highest BCUT2D eigenvalue weighted by atomic mass is 35.5. The highest BCUT2D eigenvalue weighted by Gasteiger charge is 2.26. The van der Waals surface area contributed by atoms with Crippen molar-refractivity contribution in [3.8, 4) is 0 Å². The highest BCUT2D eigenvalue weighted by Crippen LogP contribution is 2.22. The molecule has 1 aliphatic heterocycles. The maximum Gasteiger partial charge on any atom is 0.211 e. The van der Waals surface area contributed by atoms with E-state index >= 15 is 0 Å². The van der Waals surface area contributed by atoms with Gasteiger partial charge >= 0.3 is 0 Å². The van der Waals surface area contributed by atoms with Gasteiger partial charge in [-0.15, -0.1) is 0 Å². The molecular weight excluding hydrogens is 348 g/mol. The van der Waals surface area contributed by atoms with E-state index in [1.165, 1.54) is 5.56 Å². The van der Waals surface area contributed by atoms with Crippen LogP contribution < -0.4 is 4.72 Å². The topological polar surface area (TPSA) is 67.2 Å². The summed E-state index contributed by atoms with van der Waals surface area (Å²) in [6.07, 6.45) is 1.77. The zero-order valence-electron chi connectivity index (χ0n) is 13.5. The van der Waals surface area contributed by atoms with E-state index in [1.54, 1.807) is 13.1 Å². The molecule has 0 saturated heterocycles. The molecule has 0 radical (unpaired) electrons. The first-order valence-corrected chi connectivity index (χ1v) is 9.96. The van der Waals surface area contributed by atoms with Crippen LogP contribution in [0.25, 0.3) is 0 Å². The summed E-state index contributed by atoms with van der Waals surface area (Å²) in [5, 5.41) is 5.08. The second-order valence-electron chi connectivity index (χ2n) is 5.97. The van der Waals surface area contributed by atoms with Crippen molar-refractivity contribution in [1.82, 2.24) is 19.4 Å². The first kappa shape index (κ1) is 17.4. The minimum absolute atomic E-state index is 0.0163. The number of hydrogen-bond acceptors (Lipinski definition) is 4. The van der Waals surface area contributed by atoms with E-state index in [0.29, 0.717) is 6.54 Å². The van der Waals surface area contributed by atoms with Crippen molar-refractivity contribution < 1.29 is 8.42 Å². The Labute approximate surface area is 147 Å². The molecule has 0 fully saturated rings. The Kier molecular flexibility index (Phi) is 5.24. The number of aromatic nitrogens is 2. The molecule has 1 aromatic heterocycles. The molecule has 0 aliphatic carbocycles. The molecule has 1 atom stereocenters. The van der Waals surface area contributed by atoms with Crippen molar-refractivity contribution in [2.75, 3.05) is 18.8 Å². The van der Waals surface area contributed by atoms with Gasteiger partial charge in [0.15, 0.2) is 0 Å². The van der Waals surface area contributed by atoms with Crippen molar-refractivity contribution in [2.24, 2.45) is 0 Å². The molecule has 130 valence electrons. The molecule has 0 unspecified atom stereocenters. The lowest BCUT2D eigenvalue weighted by Crippen LogP contribution is -2.42. The molecular formula is C16H21ClN4O2S. The predicted octanol–water partition coefficient (Wildman–Crippen LogP) is 2.03. The molecule has 2 heterocycles. The SMILES string of the molecule is CCS(=O)(=O)NC[C@H]1CN(Cc2ccc(Cl)cc2)Cc2ccnn21. The lowest BCUT2D eigenvalue weighted by Gasteiger charge is -2.34. The third kappa shape index (κ3) is 4.16. The summed E-state index contributed by atoms with van der Waals surface area (Å²) >= 11 is 5.94. The van der Waals surface area contributed by atoms with Crippen LogP contribution in [0.1, 0.15) is 24.2 Å². The van der Waals surface area contributed by atoms with Crippen molar-refractivity contribution in [3.63, 3.8) is 0 Å². The van der Waals surface area contributed by atoms with Crippen LogP contribution >= 0.6 is 11.6 Å². The smallest absolute Gasteiger partial charge is 0.211 e. The van der Waals surface area contributed by atoms with E-state index in [1.807, 2.05) is 35.0 Å². The van der Waals surface area contributed by atoms with Gasteiger partial charge in [0.2, 0.25) is 10.0 Å². The summed E-state index contributed by atoms with van der Waals surface area (Å²) in [5.41, 5.74) is 2.27. The van der Waals surface area contributed by atoms with Gasteiger partial charge < -0.3 is 0 Å². The maximum atomic E-state index is 11.7. The van der Waals surface area contributed by atoms with Crippen LogP contribution in [0.2, 0.25) is 5.02 Å². The molecule has 0 amide bonds. The second-order valence-corrected chi connectivity index (χ2v) is 8.50. The van der Waals surface area contributed by atoms with E-state index in [0.717, 1.165) is 30.4 Å². The summed E-state index contributed by atoms with van der Waals surface area (Å²) in [6.45, 7) is 4.31. The molecule has 1 aliphatic rings. The van der Waals surface area contributed by atoms with Gasteiger partial charge in [0, 0.05) is 37.4 Å². The fraction of sp³-hybridized carbons (Fsp3) is 0.438. The van der Waals surface area contributed by atoms with Crippen LogP contribution in [-0.2, 0) is 23.1 Å². The Morgan fingerprint density at radius 2 is 2.04 bits per heavy atom. The molecule has 0 bridgehead atoms. The van der Waals surface area contributed by atoms with E-state index in [-0.39, 0.29) is 11.8 Å². The average molecular weight is 369 g/mol. The maximum absolute atomic E-state index is 11.7. The van der Waals surface area contributed by atoms with Crippen LogP contribution in [-0.4, -0.2) is 41.9 Å². The molecule has 0 saturated carbocycles. The van der Waals surface area contributed by atoms with Gasteiger partial charge in [-0.2, -0.15) is 5.10 Å². The van der Waals surface area contributed by atoms with Gasteiger partial charge in [0.1, 0.15) is 0 Å². The average Bonchev–Trinajstić information content (AvgIpc) is 3.03. The van der Waals surface area contributed by atoms with E-state index < -0.39 is 10.0 Å². The quantitative estimate of drug-likeness (QED) is 0.847. The fourth-order valence-corrected chi connectivity index (χ4v) is 3.69. The molecule has 24 heavy (non-hydrogen) atoms. The van der Waals surface area contributed by atoms with Crippen LogP contribution in [0.4, 0.5) is 0 Å². The summed E-state index contributed by atoms with van der Waals surface area (Å²) in [4.78, 5) is 2.30. The first-order chi connectivity index (χ1) is 11.5. The van der Waals surface area contributed by atoms with E-state index in [4.69, 9.17) is 11.6 Å². The lowest BCUT2D eigenvalue weighted by atomic mass is 10.1. The van der Waals surface area contributed by atoms with Gasteiger partial charge in [-0.3, -0.25) is 9.58 Å². The third-order valence-electron chi connectivity index (χ3n) is 4.19. The van der Waals surface area contributed by atoms with E-state index in [9.17, 15) is 8.42 Å². The number of sulfonamides is 1. The van der Waals surface area contributed by atoms with Crippen molar-refractivity contribution in [1.29, 1.82) is 0 Å². The normalized spacial score (nSPS) is 18.5. The number of fused-ring (bicyclic) bond motifs is 1. The van der Waals surface area contributed by atoms with Gasteiger partial charge in [-0.25, -0.2) is 13.1 Å². The van der Waals surface area contributed by atoms with Gasteiger partial charge in [-0.05, 0) is 30.7 Å². The predicted molar refractivity (Wildman–Crippen MR) is 94.3 cm³/mol. The highest BCUT2D eigenvalue weighted by molar-refractivity contribution is 7.89. The largest absolute Gasteiger partial charge is 0.291 e. The molecule has 6 nitrogen and oxygen atoms in total. The zero-order chi connectivity index (χ0) is 17.2. The molecule has 0 spiro atoms. The molecule has 1 N–H and O–H groups in total. The molecule has 1 aromatic carbocycles. The molecule has 8 heteroatoms. The third-order valence-corrected chi connectivity index (χ3v) is 5.81. The monoisotopic (exact) mass is 368 g/mol. The van der Waals surface area contributed by atoms with Gasteiger partial charge in [-0.1, -0.05) is 23.7 Å². The minimum Gasteiger partial charge on any atom is -0.291 e. The number of benzene rings is 1. The summed E-state index contributed by atoms with van der Waals surface area (Å²) in [6, 6.07) is 9.77. The standard InChI is InChI=1S/C16H21ClN4O2S/c1-2-24(22,23)19-9-16-12-20(11-15-7-8-18-21(15)16)10-13-3-5-14(17)6-4-13/h3-8,16,19H,2,9-12H2,1H3/t16-/m0/s1. The Hall–Kier alpha value is -1.41. The lowest BCUT2D eigenvalue weighted by molar-refractivity contribution is 0.168. The van der Waals surface area contributed by atoms with Crippen molar-refractivity contribution in [3.05, 3.63) is 52.8 Å². The molecule has 2 aromatic rings. The number of hydrogen-bond donors (Lipinski definition) is 1. The van der Waals surface area contributed by atoms with Crippen LogP contribution in [0, 0.1) is 0 Å². The summed E-state index contributed by atoms with van der Waals surface area (Å²) < 4.78 is 28.1. The second kappa shape index (κ2) is 7.23. The number of nitrogens with one attached hydrogen (secondary N) is 1. The van der Waals surface area contributed by atoms with Gasteiger partial charge in [0.05, 0.1) is 17.5 Å². The van der Waals surface area contributed by atoms with Crippen molar-refractivity contribution in [2.45, 2.75) is 26.1 Å². The number of nitrogens with zero attached hydrogens (tertiary/aromatic N) is 3. The Bertz CT molecular complexity index is 789. The number of halogens is 1. The first-order valence-electron chi connectivity index (χ1n) is 7.93. The Balaban J connectivity index is 1.72.